The predicted molar refractivity (Wildman–Crippen MR) is 150 cm³/mol. The van der Waals surface area contributed by atoms with Crippen molar-refractivity contribution in [3.63, 3.8) is 0 Å². The molecule has 3 aliphatic rings. The molecule has 1 aliphatic carbocycles. The highest BCUT2D eigenvalue weighted by Crippen LogP contribution is 2.51. The third kappa shape index (κ3) is 4.17. The number of hydroxylamine groups is 1. The number of imide groups is 1. The van der Waals surface area contributed by atoms with Gasteiger partial charge in [0.25, 0.3) is 5.91 Å². The van der Waals surface area contributed by atoms with Gasteiger partial charge in [-0.3, -0.25) is 14.4 Å². The Morgan fingerprint density at radius 3 is 2.31 bits per heavy atom. The van der Waals surface area contributed by atoms with Gasteiger partial charge in [0.1, 0.15) is 10.9 Å². The summed E-state index contributed by atoms with van der Waals surface area (Å²) in [6.45, 7) is 6.69. The fourth-order valence-corrected chi connectivity index (χ4v) is 7.61. The smallest absolute Gasteiger partial charge is 0.341 e. The van der Waals surface area contributed by atoms with Crippen molar-refractivity contribution in [2.45, 2.75) is 52.2 Å². The van der Waals surface area contributed by atoms with Crippen LogP contribution in [0.15, 0.2) is 60.7 Å². The van der Waals surface area contributed by atoms with Crippen molar-refractivity contribution in [1.82, 2.24) is 0 Å². The minimum absolute atomic E-state index is 0.112. The summed E-state index contributed by atoms with van der Waals surface area (Å²) in [6.07, 6.45) is 1.47. The van der Waals surface area contributed by atoms with Crippen LogP contribution in [0.3, 0.4) is 0 Å². The molecule has 39 heavy (non-hydrogen) atoms. The number of fused-ring (bicyclic) bond motifs is 2. The molecule has 8 heteroatoms. The molecule has 0 unspecified atom stereocenters. The van der Waals surface area contributed by atoms with Crippen LogP contribution >= 0.6 is 11.3 Å². The monoisotopic (exact) mass is 544 g/mol. The van der Waals surface area contributed by atoms with E-state index in [0.29, 0.717) is 22.9 Å². The second kappa shape index (κ2) is 9.61. The lowest BCUT2D eigenvalue weighted by molar-refractivity contribution is -0.126. The number of nitrogens with zero attached hydrogens (tertiary/aromatic N) is 2. The topological polar surface area (TPSA) is 76.2 Å². The van der Waals surface area contributed by atoms with E-state index >= 15 is 0 Å². The van der Waals surface area contributed by atoms with Gasteiger partial charge in [-0.15, -0.1) is 11.3 Å². The number of para-hydroxylation sites is 1. The third-order valence-corrected chi connectivity index (χ3v) is 9.57. The van der Waals surface area contributed by atoms with Gasteiger partial charge in [0, 0.05) is 4.88 Å². The maximum Gasteiger partial charge on any atom is 0.341 e. The molecule has 6 rings (SSSR count). The zero-order valence-corrected chi connectivity index (χ0v) is 23.4. The second-order valence-electron chi connectivity index (χ2n) is 11.6. The van der Waals surface area contributed by atoms with Gasteiger partial charge in [-0.1, -0.05) is 69.3 Å². The summed E-state index contributed by atoms with van der Waals surface area (Å²) < 4.78 is 5.16. The van der Waals surface area contributed by atoms with Gasteiger partial charge in [0.2, 0.25) is 5.91 Å². The molecule has 7 nitrogen and oxygen atoms in total. The molecule has 0 bridgehead atoms. The molecule has 0 radical (unpaired) electrons. The zero-order chi connectivity index (χ0) is 27.5. The molecular formula is C31H32N2O5S. The molecule has 0 spiro atoms. The van der Waals surface area contributed by atoms with Crippen LogP contribution in [0.2, 0.25) is 0 Å². The number of esters is 1. The van der Waals surface area contributed by atoms with E-state index in [0.717, 1.165) is 34.5 Å². The number of carbonyl (C=O) groups excluding carboxylic acids is 3. The summed E-state index contributed by atoms with van der Waals surface area (Å²) in [6, 6.07) is 18.7. The Labute approximate surface area is 232 Å². The number of methoxy groups -OCH3 is 1. The van der Waals surface area contributed by atoms with Crippen LogP contribution < -0.4 is 9.96 Å². The minimum atomic E-state index is -0.991. The number of hydrogen-bond acceptors (Lipinski definition) is 7. The van der Waals surface area contributed by atoms with Crippen LogP contribution in [0.4, 0.5) is 10.7 Å². The molecule has 2 aromatic carbocycles. The first-order valence-electron chi connectivity index (χ1n) is 13.4. The number of amides is 2. The highest BCUT2D eigenvalue weighted by Gasteiger charge is 2.61. The number of rotatable bonds is 4. The first kappa shape index (κ1) is 25.8. The molecule has 202 valence electrons. The molecule has 2 fully saturated rings. The fraction of sp³-hybridized carbons (Fsp3) is 0.387. The van der Waals surface area contributed by atoms with E-state index in [-0.39, 0.29) is 11.3 Å². The highest BCUT2D eigenvalue weighted by molar-refractivity contribution is 7.17. The van der Waals surface area contributed by atoms with Gasteiger partial charge in [-0.2, -0.15) is 0 Å². The van der Waals surface area contributed by atoms with E-state index in [1.165, 1.54) is 23.3 Å². The van der Waals surface area contributed by atoms with E-state index in [1.54, 1.807) is 5.06 Å². The summed E-state index contributed by atoms with van der Waals surface area (Å²) in [4.78, 5) is 49.8. The number of carbonyl (C=O) groups is 3. The molecule has 1 aromatic heterocycles. The van der Waals surface area contributed by atoms with Crippen molar-refractivity contribution in [3.8, 4) is 0 Å². The van der Waals surface area contributed by atoms with Crippen molar-refractivity contribution in [2.75, 3.05) is 17.1 Å². The van der Waals surface area contributed by atoms with Crippen LogP contribution in [0, 0.1) is 17.3 Å². The summed E-state index contributed by atoms with van der Waals surface area (Å²) >= 11 is 1.38. The average molecular weight is 545 g/mol. The third-order valence-electron chi connectivity index (χ3n) is 8.33. The number of benzene rings is 2. The van der Waals surface area contributed by atoms with Crippen molar-refractivity contribution in [2.24, 2.45) is 17.3 Å². The van der Waals surface area contributed by atoms with Gasteiger partial charge in [0.05, 0.1) is 24.4 Å². The maximum atomic E-state index is 14.2. The quantitative estimate of drug-likeness (QED) is 0.308. The molecule has 2 amide bonds. The number of ether oxygens (including phenoxy) is 1. The molecule has 2 aliphatic heterocycles. The van der Waals surface area contributed by atoms with E-state index in [2.05, 4.69) is 20.8 Å². The molecule has 0 N–H and O–H groups in total. The maximum absolute atomic E-state index is 14.2. The Kier molecular flexibility index (Phi) is 6.35. The first-order valence-corrected chi connectivity index (χ1v) is 14.2. The molecule has 2 saturated heterocycles. The van der Waals surface area contributed by atoms with Crippen LogP contribution in [0.25, 0.3) is 0 Å². The summed E-state index contributed by atoms with van der Waals surface area (Å²) in [5.74, 6) is -1.63. The van der Waals surface area contributed by atoms with E-state index in [4.69, 9.17) is 9.57 Å². The largest absolute Gasteiger partial charge is 0.465 e. The standard InChI is InChI=1S/C31H32N2O5S/c1-31(2,3)19-15-16-21-22(17-19)39-29(23(21)30(36)37-4)32-27(34)24-25(18-11-7-5-8-12-18)33(38-26(24)28(32)35)20-13-9-6-10-14-20/h5-14,19,24-26H,15-17H2,1-4H3/t19-,24-,25-,26-/m0/s1. The normalized spacial score (nSPS) is 24.6. The predicted octanol–water partition coefficient (Wildman–Crippen LogP) is 5.74. The zero-order valence-electron chi connectivity index (χ0n) is 22.5. The lowest BCUT2D eigenvalue weighted by atomic mass is 9.72. The van der Waals surface area contributed by atoms with Crippen molar-refractivity contribution < 1.29 is 24.0 Å². The Balaban J connectivity index is 1.42. The van der Waals surface area contributed by atoms with Gasteiger partial charge >= 0.3 is 5.97 Å². The van der Waals surface area contributed by atoms with Gasteiger partial charge in [-0.05, 0) is 53.9 Å². The first-order chi connectivity index (χ1) is 18.7. The van der Waals surface area contributed by atoms with Crippen LogP contribution in [-0.2, 0) is 32.0 Å². The Hall–Kier alpha value is -3.49. The summed E-state index contributed by atoms with van der Waals surface area (Å²) in [7, 11) is 1.34. The fourth-order valence-electron chi connectivity index (χ4n) is 6.18. The molecule has 0 saturated carbocycles. The SMILES string of the molecule is COC(=O)c1c(N2C(=O)[C@@H]3[C@H](ON(c4ccccc4)[C@H]3c3ccccc3)C2=O)sc2c1CC[C@H](C(C)(C)C)C2. The van der Waals surface area contributed by atoms with Crippen LogP contribution in [0.5, 0.6) is 0 Å². The van der Waals surface area contributed by atoms with Crippen molar-refractivity contribution in [1.29, 1.82) is 0 Å². The van der Waals surface area contributed by atoms with Crippen molar-refractivity contribution >= 4 is 39.8 Å². The van der Waals surface area contributed by atoms with Gasteiger partial charge in [0.15, 0.2) is 6.10 Å². The molecular weight excluding hydrogens is 512 g/mol. The Morgan fingerprint density at radius 1 is 1.00 bits per heavy atom. The van der Waals surface area contributed by atoms with Gasteiger partial charge < -0.3 is 4.74 Å². The van der Waals surface area contributed by atoms with E-state index in [9.17, 15) is 14.4 Å². The van der Waals surface area contributed by atoms with Gasteiger partial charge in [-0.25, -0.2) is 14.8 Å². The summed E-state index contributed by atoms with van der Waals surface area (Å²) in [5.41, 5.74) is 3.02. The highest BCUT2D eigenvalue weighted by atomic mass is 32.1. The molecule has 3 aromatic rings. The van der Waals surface area contributed by atoms with E-state index in [1.807, 2.05) is 60.7 Å². The van der Waals surface area contributed by atoms with Crippen LogP contribution in [-0.4, -0.2) is 31.0 Å². The molecule has 3 heterocycles. The number of anilines is 2. The minimum Gasteiger partial charge on any atom is -0.465 e. The molecule has 4 atom stereocenters. The van der Waals surface area contributed by atoms with Crippen molar-refractivity contribution in [3.05, 3.63) is 82.2 Å². The van der Waals surface area contributed by atoms with Crippen LogP contribution in [0.1, 0.15) is 59.6 Å². The Morgan fingerprint density at radius 2 is 1.67 bits per heavy atom. The average Bonchev–Trinajstić information content (AvgIpc) is 3.58. The lowest BCUT2D eigenvalue weighted by Gasteiger charge is -2.33. The second-order valence-corrected chi connectivity index (χ2v) is 12.6. The Bertz CT molecular complexity index is 1430. The summed E-state index contributed by atoms with van der Waals surface area (Å²) in [5, 5.41) is 2.05. The lowest BCUT2D eigenvalue weighted by Crippen LogP contribution is -2.37. The van der Waals surface area contributed by atoms with E-state index < -0.39 is 29.9 Å². The number of hydrogen-bond donors (Lipinski definition) is 0. The number of thiophene rings is 1.